The number of amides is 1. The lowest BCUT2D eigenvalue weighted by atomic mass is 10.3. The monoisotopic (exact) mass is 174 g/mol. The van der Waals surface area contributed by atoms with Gasteiger partial charge in [0, 0.05) is 20.1 Å². The van der Waals surface area contributed by atoms with E-state index in [0.717, 1.165) is 0 Å². The van der Waals surface area contributed by atoms with Gasteiger partial charge in [-0.3, -0.25) is 9.69 Å². The van der Waals surface area contributed by atoms with E-state index in [1.807, 2.05) is 0 Å². The molecule has 1 aliphatic rings. The molecule has 0 aromatic heterocycles. The summed E-state index contributed by atoms with van der Waals surface area (Å²) in [6.07, 6.45) is -0.0363. The zero-order chi connectivity index (χ0) is 9.14. The van der Waals surface area contributed by atoms with E-state index >= 15 is 0 Å². The number of nitrogens with zero attached hydrogens (tertiary/aromatic N) is 1. The van der Waals surface area contributed by atoms with Gasteiger partial charge < -0.3 is 15.6 Å². The second-order valence-electron chi connectivity index (χ2n) is 2.97. The minimum atomic E-state index is -0.595. The summed E-state index contributed by atoms with van der Waals surface area (Å²) in [6, 6.07) is 0. The smallest absolute Gasteiger partial charge is 0.231 e. The Morgan fingerprint density at radius 2 is 2.50 bits per heavy atom. The summed E-state index contributed by atoms with van der Waals surface area (Å²) in [4.78, 5) is 12.1. The van der Waals surface area contributed by atoms with Crippen molar-refractivity contribution in [1.29, 1.82) is 0 Å². The van der Waals surface area contributed by atoms with Gasteiger partial charge in [0.05, 0.1) is 12.6 Å². The lowest BCUT2D eigenvalue weighted by molar-refractivity contribution is -0.121. The molecule has 5 heteroatoms. The average Bonchev–Trinajstić information content (AvgIpc) is 2.31. The number of primary amides is 1. The maximum Gasteiger partial charge on any atom is 0.231 e. The highest BCUT2D eigenvalue weighted by molar-refractivity contribution is 5.75. The van der Waals surface area contributed by atoms with Crippen LogP contribution < -0.4 is 5.73 Å². The first-order valence-electron chi connectivity index (χ1n) is 3.86. The van der Waals surface area contributed by atoms with E-state index in [2.05, 4.69) is 0 Å². The number of rotatable bonds is 3. The summed E-state index contributed by atoms with van der Waals surface area (Å²) in [5.41, 5.74) is 4.99. The van der Waals surface area contributed by atoms with Crippen LogP contribution in [0.15, 0.2) is 0 Å². The number of nitrogens with two attached hydrogens (primary N) is 1. The molecule has 1 heterocycles. The Balaban J connectivity index is 2.40. The van der Waals surface area contributed by atoms with E-state index in [1.165, 1.54) is 0 Å². The standard InChI is InChI=1S/C7H14N2O3/c1-12-5-2-7(11)9(3-5)4-6(8)10/h5,7,11H,2-4H2,1H3,(H2,8,10). The quantitative estimate of drug-likeness (QED) is 0.546. The number of carbonyl (C=O) groups is 1. The van der Waals surface area contributed by atoms with Crippen LogP contribution in [-0.4, -0.2) is 48.4 Å². The Morgan fingerprint density at radius 1 is 1.83 bits per heavy atom. The van der Waals surface area contributed by atoms with Gasteiger partial charge in [0.2, 0.25) is 5.91 Å². The molecule has 1 amide bonds. The van der Waals surface area contributed by atoms with Gasteiger partial charge in [0.1, 0.15) is 6.23 Å². The van der Waals surface area contributed by atoms with Crippen molar-refractivity contribution in [3.05, 3.63) is 0 Å². The Labute approximate surface area is 71.1 Å². The largest absolute Gasteiger partial charge is 0.380 e. The Morgan fingerprint density at radius 3 is 2.92 bits per heavy atom. The molecular formula is C7H14N2O3. The molecule has 2 unspecified atom stereocenters. The molecule has 2 atom stereocenters. The van der Waals surface area contributed by atoms with E-state index < -0.39 is 12.1 Å². The van der Waals surface area contributed by atoms with Gasteiger partial charge in [-0.1, -0.05) is 0 Å². The first-order chi connectivity index (χ1) is 5.63. The fourth-order valence-corrected chi connectivity index (χ4v) is 1.38. The first kappa shape index (κ1) is 9.44. The molecule has 0 aromatic carbocycles. The SMILES string of the molecule is COC1CC(O)N(CC(N)=O)C1. The highest BCUT2D eigenvalue weighted by Gasteiger charge is 2.30. The lowest BCUT2D eigenvalue weighted by Gasteiger charge is -2.16. The van der Waals surface area contributed by atoms with Crippen LogP contribution in [0.1, 0.15) is 6.42 Å². The molecular weight excluding hydrogens is 160 g/mol. The highest BCUT2D eigenvalue weighted by Crippen LogP contribution is 2.16. The number of hydrogen-bond acceptors (Lipinski definition) is 4. The predicted octanol–water partition coefficient (Wildman–Crippen LogP) is -1.49. The average molecular weight is 174 g/mol. The molecule has 70 valence electrons. The summed E-state index contributed by atoms with van der Waals surface area (Å²) >= 11 is 0. The molecule has 1 rings (SSSR count). The summed E-state index contributed by atoms with van der Waals surface area (Å²) < 4.78 is 5.04. The maximum absolute atomic E-state index is 10.5. The molecule has 0 spiro atoms. The molecule has 1 saturated heterocycles. The molecule has 5 nitrogen and oxygen atoms in total. The third-order valence-corrected chi connectivity index (χ3v) is 2.03. The summed E-state index contributed by atoms with van der Waals surface area (Å²) in [6.45, 7) is 0.668. The molecule has 12 heavy (non-hydrogen) atoms. The van der Waals surface area contributed by atoms with Crippen molar-refractivity contribution >= 4 is 5.91 Å². The molecule has 1 aliphatic heterocycles. The van der Waals surface area contributed by atoms with Crippen LogP contribution in [0.2, 0.25) is 0 Å². The molecule has 3 N–H and O–H groups in total. The van der Waals surface area contributed by atoms with Crippen LogP contribution in [0.4, 0.5) is 0 Å². The number of likely N-dealkylation sites (tertiary alicyclic amines) is 1. The first-order valence-corrected chi connectivity index (χ1v) is 3.86. The predicted molar refractivity (Wildman–Crippen MR) is 42.2 cm³/mol. The lowest BCUT2D eigenvalue weighted by Crippen LogP contribution is -2.37. The fraction of sp³-hybridized carbons (Fsp3) is 0.857. The van der Waals surface area contributed by atoms with E-state index in [1.54, 1.807) is 12.0 Å². The van der Waals surface area contributed by atoms with Crippen molar-refractivity contribution in [2.24, 2.45) is 5.73 Å². The van der Waals surface area contributed by atoms with Crippen molar-refractivity contribution in [1.82, 2.24) is 4.90 Å². The van der Waals surface area contributed by atoms with Crippen molar-refractivity contribution in [2.75, 3.05) is 20.2 Å². The van der Waals surface area contributed by atoms with Crippen LogP contribution in [0.25, 0.3) is 0 Å². The van der Waals surface area contributed by atoms with Crippen molar-refractivity contribution < 1.29 is 14.6 Å². The van der Waals surface area contributed by atoms with Gasteiger partial charge in [-0.2, -0.15) is 0 Å². The number of aliphatic hydroxyl groups is 1. The normalized spacial score (nSPS) is 30.8. The molecule has 0 aliphatic carbocycles. The van der Waals surface area contributed by atoms with Gasteiger partial charge >= 0.3 is 0 Å². The van der Waals surface area contributed by atoms with E-state index in [0.29, 0.717) is 13.0 Å². The fourth-order valence-electron chi connectivity index (χ4n) is 1.38. The molecule has 0 radical (unpaired) electrons. The van der Waals surface area contributed by atoms with Gasteiger partial charge in [-0.15, -0.1) is 0 Å². The number of methoxy groups -OCH3 is 1. The number of ether oxygens (including phenoxy) is 1. The molecule has 0 saturated carbocycles. The van der Waals surface area contributed by atoms with E-state index in [9.17, 15) is 9.90 Å². The van der Waals surface area contributed by atoms with Crippen molar-refractivity contribution in [3.8, 4) is 0 Å². The Hall–Kier alpha value is -0.650. The van der Waals surface area contributed by atoms with Crippen LogP contribution in [0, 0.1) is 0 Å². The third-order valence-electron chi connectivity index (χ3n) is 2.03. The number of carbonyl (C=O) groups excluding carboxylic acids is 1. The van der Waals surface area contributed by atoms with Crippen LogP contribution in [0.5, 0.6) is 0 Å². The summed E-state index contributed by atoms with van der Waals surface area (Å²) in [5.74, 6) is -0.425. The number of hydrogen-bond donors (Lipinski definition) is 2. The van der Waals surface area contributed by atoms with E-state index in [4.69, 9.17) is 10.5 Å². The zero-order valence-electron chi connectivity index (χ0n) is 7.06. The van der Waals surface area contributed by atoms with Gasteiger partial charge in [0.15, 0.2) is 0 Å². The molecule has 0 bridgehead atoms. The van der Waals surface area contributed by atoms with Crippen molar-refractivity contribution in [2.45, 2.75) is 18.8 Å². The molecule has 0 aromatic rings. The van der Waals surface area contributed by atoms with Crippen LogP contribution in [0.3, 0.4) is 0 Å². The highest BCUT2D eigenvalue weighted by atomic mass is 16.5. The third kappa shape index (κ3) is 2.17. The number of aliphatic hydroxyl groups excluding tert-OH is 1. The second kappa shape index (κ2) is 3.84. The maximum atomic E-state index is 10.5. The minimum Gasteiger partial charge on any atom is -0.380 e. The molecule has 1 fully saturated rings. The van der Waals surface area contributed by atoms with Crippen molar-refractivity contribution in [3.63, 3.8) is 0 Å². The van der Waals surface area contributed by atoms with Crippen LogP contribution >= 0.6 is 0 Å². The summed E-state index contributed by atoms with van der Waals surface area (Å²) in [7, 11) is 1.59. The topological polar surface area (TPSA) is 75.8 Å². The van der Waals surface area contributed by atoms with Gasteiger partial charge in [-0.05, 0) is 0 Å². The van der Waals surface area contributed by atoms with E-state index in [-0.39, 0.29) is 12.6 Å². The van der Waals surface area contributed by atoms with Gasteiger partial charge in [-0.25, -0.2) is 0 Å². The second-order valence-corrected chi connectivity index (χ2v) is 2.97. The summed E-state index contributed by atoms with van der Waals surface area (Å²) in [5, 5.41) is 9.38. The Kier molecular flexibility index (Phi) is 3.02. The minimum absolute atomic E-state index is 0.0133. The van der Waals surface area contributed by atoms with Gasteiger partial charge in [0.25, 0.3) is 0 Å². The van der Waals surface area contributed by atoms with Crippen LogP contribution in [-0.2, 0) is 9.53 Å². The Bertz CT molecular complexity index is 174. The zero-order valence-corrected chi connectivity index (χ0v) is 7.06.